The van der Waals surface area contributed by atoms with E-state index in [1.54, 1.807) is 12.0 Å². The lowest BCUT2D eigenvalue weighted by atomic mass is 9.68. The fourth-order valence-corrected chi connectivity index (χ4v) is 3.48. The molecule has 1 heterocycles. The second-order valence-corrected chi connectivity index (χ2v) is 6.68. The van der Waals surface area contributed by atoms with Gasteiger partial charge < -0.3 is 14.7 Å². The van der Waals surface area contributed by atoms with Crippen LogP contribution in [0.3, 0.4) is 0 Å². The van der Waals surface area contributed by atoms with Gasteiger partial charge in [0.1, 0.15) is 0 Å². The molecule has 2 aliphatic rings. The van der Waals surface area contributed by atoms with Gasteiger partial charge in [0.05, 0.1) is 17.9 Å². The topological polar surface area (TPSA) is 70.1 Å². The van der Waals surface area contributed by atoms with Crippen molar-refractivity contribution in [1.29, 1.82) is 0 Å². The van der Waals surface area contributed by atoms with Gasteiger partial charge in [0.25, 0.3) is 0 Å². The second-order valence-electron chi connectivity index (χ2n) is 6.68. The summed E-state index contributed by atoms with van der Waals surface area (Å²) < 4.78 is 5.26. The van der Waals surface area contributed by atoms with Crippen LogP contribution in [0.4, 0.5) is 0 Å². The summed E-state index contributed by atoms with van der Waals surface area (Å²) in [4.78, 5) is 28.4. The van der Waals surface area contributed by atoms with Crippen LogP contribution in [0.1, 0.15) is 26.2 Å². The smallest absolute Gasteiger partial charge is 0.309 e. The molecule has 0 bridgehead atoms. The summed E-state index contributed by atoms with van der Waals surface area (Å²) in [7, 11) is 1.62. The third-order valence-corrected chi connectivity index (χ3v) is 5.03. The lowest BCUT2D eigenvalue weighted by molar-refractivity contribution is -0.153. The van der Waals surface area contributed by atoms with Crippen LogP contribution in [0.15, 0.2) is 12.2 Å². The fourth-order valence-electron chi connectivity index (χ4n) is 3.48. The van der Waals surface area contributed by atoms with Gasteiger partial charge in [-0.1, -0.05) is 18.6 Å². The van der Waals surface area contributed by atoms with Crippen molar-refractivity contribution in [1.82, 2.24) is 9.80 Å². The van der Waals surface area contributed by atoms with E-state index in [1.807, 2.05) is 19.1 Å². The molecule has 1 aliphatic carbocycles. The Morgan fingerprint density at radius 2 is 2.04 bits per heavy atom. The SMILES string of the molecule is C/C=C/CN1CCN(C(=O)C2(COC)CCC2)CC(C(=O)O)C1. The molecule has 0 aromatic carbocycles. The molecule has 0 aromatic heterocycles. The van der Waals surface area contributed by atoms with Crippen molar-refractivity contribution >= 4 is 11.9 Å². The summed E-state index contributed by atoms with van der Waals surface area (Å²) >= 11 is 0. The Morgan fingerprint density at radius 1 is 1.30 bits per heavy atom. The second kappa shape index (κ2) is 7.93. The summed E-state index contributed by atoms with van der Waals surface area (Å²) in [6, 6.07) is 0. The zero-order valence-electron chi connectivity index (χ0n) is 14.2. The highest BCUT2D eigenvalue weighted by atomic mass is 16.5. The first-order chi connectivity index (χ1) is 11.0. The molecule has 130 valence electrons. The molecular formula is C17H28N2O4. The predicted molar refractivity (Wildman–Crippen MR) is 87.1 cm³/mol. The number of aliphatic carboxylic acids is 1. The van der Waals surface area contributed by atoms with Gasteiger partial charge in [0.15, 0.2) is 0 Å². The van der Waals surface area contributed by atoms with Crippen LogP contribution in [0, 0.1) is 11.3 Å². The zero-order valence-corrected chi connectivity index (χ0v) is 14.2. The highest BCUT2D eigenvalue weighted by molar-refractivity contribution is 5.84. The van der Waals surface area contributed by atoms with E-state index in [0.29, 0.717) is 32.8 Å². The highest BCUT2D eigenvalue weighted by Gasteiger charge is 2.47. The summed E-state index contributed by atoms with van der Waals surface area (Å²) in [5.74, 6) is -1.29. The van der Waals surface area contributed by atoms with Crippen molar-refractivity contribution < 1.29 is 19.4 Å². The molecule has 1 aliphatic heterocycles. The first-order valence-electron chi connectivity index (χ1n) is 8.37. The standard InChI is InChI=1S/C17H28N2O4/c1-3-4-8-18-9-10-19(12-14(11-18)15(20)21)16(22)17(13-23-2)6-5-7-17/h3-4,14H,5-13H2,1-2H3,(H,20,21)/b4-3+. The maximum absolute atomic E-state index is 13.0. The summed E-state index contributed by atoms with van der Waals surface area (Å²) in [5, 5.41) is 9.48. The third-order valence-electron chi connectivity index (χ3n) is 5.03. The Labute approximate surface area is 138 Å². The Morgan fingerprint density at radius 3 is 2.57 bits per heavy atom. The van der Waals surface area contributed by atoms with E-state index in [0.717, 1.165) is 25.8 Å². The van der Waals surface area contributed by atoms with Crippen molar-refractivity contribution in [2.24, 2.45) is 11.3 Å². The molecule has 1 saturated carbocycles. The average Bonchev–Trinajstić information content (AvgIpc) is 2.71. The van der Waals surface area contributed by atoms with E-state index in [-0.39, 0.29) is 5.91 Å². The monoisotopic (exact) mass is 324 g/mol. The van der Waals surface area contributed by atoms with Crippen LogP contribution < -0.4 is 0 Å². The van der Waals surface area contributed by atoms with Crippen molar-refractivity contribution in [3.8, 4) is 0 Å². The maximum Gasteiger partial charge on any atom is 0.309 e. The summed E-state index contributed by atoms with van der Waals surface area (Å²) in [6.45, 7) is 5.20. The summed E-state index contributed by atoms with van der Waals surface area (Å²) in [5.41, 5.74) is -0.420. The number of carboxylic acids is 1. The van der Waals surface area contributed by atoms with Crippen molar-refractivity contribution in [3.63, 3.8) is 0 Å². The number of carboxylic acid groups (broad SMARTS) is 1. The molecule has 0 aromatic rings. The minimum absolute atomic E-state index is 0.0738. The zero-order chi connectivity index (χ0) is 16.9. The molecule has 6 heteroatoms. The number of methoxy groups -OCH3 is 1. The van der Waals surface area contributed by atoms with Gasteiger partial charge in [0, 0.05) is 39.8 Å². The van der Waals surface area contributed by atoms with Crippen LogP contribution >= 0.6 is 0 Å². The van der Waals surface area contributed by atoms with Gasteiger partial charge in [-0.15, -0.1) is 0 Å². The van der Waals surface area contributed by atoms with Gasteiger partial charge in [-0.05, 0) is 19.8 Å². The Bertz CT molecular complexity index is 460. The summed E-state index contributed by atoms with van der Waals surface area (Å²) in [6.07, 6.45) is 6.71. The number of amides is 1. The third kappa shape index (κ3) is 4.12. The Balaban J connectivity index is 2.09. The number of ether oxygens (including phenoxy) is 1. The van der Waals surface area contributed by atoms with Gasteiger partial charge >= 0.3 is 5.97 Å². The Kier molecular flexibility index (Phi) is 6.18. The molecule has 0 spiro atoms. The number of hydrogen-bond acceptors (Lipinski definition) is 4. The highest BCUT2D eigenvalue weighted by Crippen LogP contribution is 2.43. The van der Waals surface area contributed by atoms with Crippen LogP contribution in [0.25, 0.3) is 0 Å². The number of carbonyl (C=O) groups excluding carboxylic acids is 1. The van der Waals surface area contributed by atoms with Gasteiger partial charge in [-0.3, -0.25) is 14.5 Å². The molecule has 6 nitrogen and oxygen atoms in total. The van der Waals surface area contributed by atoms with E-state index in [2.05, 4.69) is 4.90 Å². The molecule has 1 unspecified atom stereocenters. The largest absolute Gasteiger partial charge is 0.481 e. The van der Waals surface area contributed by atoms with Crippen LogP contribution in [0.2, 0.25) is 0 Å². The number of hydrogen-bond donors (Lipinski definition) is 1. The van der Waals surface area contributed by atoms with E-state index in [1.165, 1.54) is 0 Å². The Hall–Kier alpha value is -1.40. The van der Waals surface area contributed by atoms with Gasteiger partial charge in [-0.2, -0.15) is 0 Å². The first kappa shape index (κ1) is 17.9. The lowest BCUT2D eigenvalue weighted by Gasteiger charge is -2.43. The van der Waals surface area contributed by atoms with E-state index in [4.69, 9.17) is 4.74 Å². The van der Waals surface area contributed by atoms with E-state index >= 15 is 0 Å². The molecular weight excluding hydrogens is 296 g/mol. The quantitative estimate of drug-likeness (QED) is 0.744. The lowest BCUT2D eigenvalue weighted by Crippen LogP contribution is -2.52. The molecule has 0 radical (unpaired) electrons. The molecule has 1 amide bonds. The van der Waals surface area contributed by atoms with Crippen molar-refractivity contribution in [2.75, 3.05) is 46.4 Å². The fraction of sp³-hybridized carbons (Fsp3) is 0.765. The minimum Gasteiger partial charge on any atom is -0.481 e. The van der Waals surface area contributed by atoms with Crippen LogP contribution in [-0.2, 0) is 14.3 Å². The first-order valence-corrected chi connectivity index (χ1v) is 8.37. The predicted octanol–water partition coefficient (Wildman–Crippen LogP) is 1.22. The maximum atomic E-state index is 13.0. The minimum atomic E-state index is -0.829. The van der Waals surface area contributed by atoms with Gasteiger partial charge in [-0.25, -0.2) is 0 Å². The van der Waals surface area contributed by atoms with Crippen molar-refractivity contribution in [2.45, 2.75) is 26.2 Å². The molecule has 2 rings (SSSR count). The number of rotatable bonds is 6. The van der Waals surface area contributed by atoms with Crippen LogP contribution in [-0.4, -0.2) is 73.2 Å². The molecule has 23 heavy (non-hydrogen) atoms. The molecule has 1 atom stereocenters. The molecule has 1 saturated heterocycles. The average molecular weight is 324 g/mol. The van der Waals surface area contributed by atoms with E-state index in [9.17, 15) is 14.7 Å². The molecule has 1 N–H and O–H groups in total. The van der Waals surface area contributed by atoms with Crippen molar-refractivity contribution in [3.05, 3.63) is 12.2 Å². The number of nitrogens with zero attached hydrogens (tertiary/aromatic N) is 2. The number of carbonyl (C=O) groups is 2. The number of allylic oxidation sites excluding steroid dienone is 1. The van der Waals surface area contributed by atoms with Crippen LogP contribution in [0.5, 0.6) is 0 Å². The normalized spacial score (nSPS) is 25.1. The van der Waals surface area contributed by atoms with E-state index < -0.39 is 17.3 Å². The molecule has 2 fully saturated rings. The van der Waals surface area contributed by atoms with Gasteiger partial charge in [0.2, 0.25) is 5.91 Å².